The number of nitrogens with one attached hydrogen (secondary N) is 1. The zero-order chi connectivity index (χ0) is 14.3. The van der Waals surface area contributed by atoms with Gasteiger partial charge in [0.25, 0.3) is 5.91 Å². The van der Waals surface area contributed by atoms with Crippen LogP contribution >= 0.6 is 0 Å². The summed E-state index contributed by atoms with van der Waals surface area (Å²) < 4.78 is 0. The molecule has 5 nitrogen and oxygen atoms in total. The summed E-state index contributed by atoms with van der Waals surface area (Å²) >= 11 is 0. The Morgan fingerprint density at radius 1 is 1.33 bits per heavy atom. The Balaban J connectivity index is 4.53. The summed E-state index contributed by atoms with van der Waals surface area (Å²) in [5, 5.41) is 8.53. The topological polar surface area (TPSA) is 69.6 Å². The van der Waals surface area contributed by atoms with Crippen LogP contribution in [-0.4, -0.2) is 35.0 Å². The molecule has 0 bridgehead atoms. The smallest absolute Gasteiger partial charge is 0.262 e. The van der Waals surface area contributed by atoms with E-state index in [9.17, 15) is 9.59 Å². The average molecular weight is 257 g/mol. The number of amides is 2. The summed E-state index contributed by atoms with van der Waals surface area (Å²) in [4.78, 5) is 24.7. The van der Waals surface area contributed by atoms with Crippen LogP contribution in [0.5, 0.6) is 0 Å². The first-order valence-electron chi connectivity index (χ1n) is 6.23. The van der Waals surface area contributed by atoms with Crippen molar-refractivity contribution in [1.29, 1.82) is 0 Å². The molecule has 0 spiro atoms. The zero-order valence-corrected chi connectivity index (χ0v) is 12.0. The van der Waals surface area contributed by atoms with Gasteiger partial charge in [0.05, 0.1) is 6.42 Å². The summed E-state index contributed by atoms with van der Waals surface area (Å²) in [6.07, 6.45) is 2.42. The predicted molar refractivity (Wildman–Crippen MR) is 69.7 cm³/mol. The maximum Gasteiger partial charge on any atom is 0.262 e. The van der Waals surface area contributed by atoms with Crippen molar-refractivity contribution in [2.24, 2.45) is 11.3 Å². The first kappa shape index (κ1) is 16.9. The highest BCUT2D eigenvalue weighted by molar-refractivity contribution is 5.89. The van der Waals surface area contributed by atoms with Gasteiger partial charge in [-0.3, -0.25) is 14.8 Å². The number of nitrogens with zero attached hydrogens (tertiary/aromatic N) is 1. The first-order chi connectivity index (χ1) is 8.15. The lowest BCUT2D eigenvalue weighted by atomic mass is 9.91. The highest BCUT2D eigenvalue weighted by Gasteiger charge is 2.23. The number of carbonyl (C=O) groups excluding carboxylic acids is 2. The van der Waals surface area contributed by atoms with E-state index in [1.165, 1.54) is 4.90 Å². The summed E-state index contributed by atoms with van der Waals surface area (Å²) in [6, 6.07) is 0. The molecule has 1 radical (unpaired) electrons. The molecule has 0 saturated heterocycles. The van der Waals surface area contributed by atoms with Crippen LogP contribution in [0, 0.1) is 17.8 Å². The van der Waals surface area contributed by atoms with Crippen molar-refractivity contribution >= 4 is 11.8 Å². The fourth-order valence-corrected chi connectivity index (χ4v) is 1.35. The molecule has 2 amide bonds. The lowest BCUT2D eigenvalue weighted by Crippen LogP contribution is -2.42. The standard InChI is InChI=1S/C13H25N2O3/c1-10(2)6-7-15(9-11(16)14-18)12(17)8-13(3,4)5/h8,10,18H,6-7,9H2,1-5H3,(H,14,16). The summed E-state index contributed by atoms with van der Waals surface area (Å²) in [5.74, 6) is -0.298. The van der Waals surface area contributed by atoms with Crippen LogP contribution in [0.3, 0.4) is 0 Å². The van der Waals surface area contributed by atoms with Gasteiger partial charge in [-0.2, -0.15) is 0 Å². The molecule has 0 unspecified atom stereocenters. The van der Waals surface area contributed by atoms with Gasteiger partial charge in [-0.05, 0) is 17.8 Å². The van der Waals surface area contributed by atoms with Crippen LogP contribution in [0.2, 0.25) is 0 Å². The molecule has 18 heavy (non-hydrogen) atoms. The third-order valence-corrected chi connectivity index (χ3v) is 2.30. The number of hydrogen-bond donors (Lipinski definition) is 2. The maximum atomic E-state index is 12.0. The van der Waals surface area contributed by atoms with E-state index in [1.54, 1.807) is 11.9 Å². The molecule has 0 aliphatic rings. The predicted octanol–water partition coefficient (Wildman–Crippen LogP) is 1.62. The summed E-state index contributed by atoms with van der Waals surface area (Å²) in [5.41, 5.74) is 1.32. The van der Waals surface area contributed by atoms with Crippen molar-refractivity contribution in [2.75, 3.05) is 13.1 Å². The summed E-state index contributed by atoms with van der Waals surface area (Å²) in [7, 11) is 0. The fraction of sp³-hybridized carbons (Fsp3) is 0.769. The first-order valence-corrected chi connectivity index (χ1v) is 6.23. The SMILES string of the molecule is CC(C)CCN(CC(=O)NO)C(=O)[CH]C(C)(C)C. The van der Waals surface area contributed by atoms with E-state index in [-0.39, 0.29) is 17.9 Å². The van der Waals surface area contributed by atoms with Crippen molar-refractivity contribution in [3.8, 4) is 0 Å². The Morgan fingerprint density at radius 3 is 2.28 bits per heavy atom. The molecule has 0 aliphatic heterocycles. The van der Waals surface area contributed by atoms with Gasteiger partial charge in [0.15, 0.2) is 0 Å². The van der Waals surface area contributed by atoms with Gasteiger partial charge in [-0.1, -0.05) is 34.6 Å². The van der Waals surface area contributed by atoms with Gasteiger partial charge in [-0.15, -0.1) is 0 Å². The van der Waals surface area contributed by atoms with E-state index in [4.69, 9.17) is 5.21 Å². The highest BCUT2D eigenvalue weighted by Crippen LogP contribution is 2.19. The van der Waals surface area contributed by atoms with Crippen molar-refractivity contribution in [3.05, 3.63) is 6.42 Å². The van der Waals surface area contributed by atoms with E-state index in [0.717, 1.165) is 6.42 Å². The second-order valence-electron chi connectivity index (χ2n) is 5.99. The van der Waals surface area contributed by atoms with E-state index in [1.807, 2.05) is 20.8 Å². The Bertz CT molecular complexity index is 282. The number of carbonyl (C=O) groups is 2. The molecular formula is C13H25N2O3. The lowest BCUT2D eigenvalue weighted by molar-refractivity contribution is -0.138. The van der Waals surface area contributed by atoms with Crippen molar-refractivity contribution in [3.63, 3.8) is 0 Å². The van der Waals surface area contributed by atoms with Gasteiger partial charge < -0.3 is 4.90 Å². The van der Waals surface area contributed by atoms with Crippen molar-refractivity contribution in [1.82, 2.24) is 10.4 Å². The molecule has 0 heterocycles. The number of hydroxylamine groups is 1. The highest BCUT2D eigenvalue weighted by atomic mass is 16.5. The molecule has 2 N–H and O–H groups in total. The molecule has 105 valence electrons. The minimum atomic E-state index is -0.575. The molecule has 0 aromatic rings. The molecule has 0 aromatic carbocycles. The number of rotatable bonds is 6. The van der Waals surface area contributed by atoms with Gasteiger partial charge in [0, 0.05) is 6.54 Å². The Morgan fingerprint density at radius 2 is 1.89 bits per heavy atom. The van der Waals surface area contributed by atoms with Crippen LogP contribution in [0.25, 0.3) is 0 Å². The lowest BCUT2D eigenvalue weighted by Gasteiger charge is -2.26. The molecule has 0 fully saturated rings. The molecule has 0 atom stereocenters. The van der Waals surface area contributed by atoms with Crippen molar-refractivity contribution in [2.45, 2.75) is 41.0 Å². The molecule has 5 heteroatoms. The normalized spacial score (nSPS) is 11.5. The Kier molecular flexibility index (Phi) is 6.91. The van der Waals surface area contributed by atoms with E-state index < -0.39 is 5.91 Å². The van der Waals surface area contributed by atoms with E-state index in [2.05, 4.69) is 13.8 Å². The molecule has 0 saturated carbocycles. The third-order valence-electron chi connectivity index (χ3n) is 2.30. The second-order valence-corrected chi connectivity index (χ2v) is 5.99. The van der Waals surface area contributed by atoms with E-state index in [0.29, 0.717) is 12.5 Å². The molecule has 0 rings (SSSR count). The van der Waals surface area contributed by atoms with Crippen LogP contribution in [0.1, 0.15) is 41.0 Å². The second kappa shape index (κ2) is 7.36. The Labute approximate surface area is 109 Å². The van der Waals surface area contributed by atoms with E-state index >= 15 is 0 Å². The summed E-state index contributed by atoms with van der Waals surface area (Å²) in [6.45, 7) is 10.3. The van der Waals surface area contributed by atoms with Gasteiger partial charge >= 0.3 is 0 Å². The maximum absolute atomic E-state index is 12.0. The quantitative estimate of drug-likeness (QED) is 0.561. The van der Waals surface area contributed by atoms with Crippen LogP contribution in [-0.2, 0) is 9.59 Å². The van der Waals surface area contributed by atoms with Gasteiger partial charge in [0.2, 0.25) is 5.91 Å². The zero-order valence-electron chi connectivity index (χ0n) is 12.0. The molecular weight excluding hydrogens is 232 g/mol. The third kappa shape index (κ3) is 8.06. The fourth-order valence-electron chi connectivity index (χ4n) is 1.35. The van der Waals surface area contributed by atoms with Gasteiger partial charge in [-0.25, -0.2) is 5.48 Å². The van der Waals surface area contributed by atoms with Gasteiger partial charge in [0.1, 0.15) is 6.54 Å². The minimum absolute atomic E-state index is 0.116. The number of hydrogen-bond acceptors (Lipinski definition) is 3. The minimum Gasteiger partial charge on any atom is -0.333 e. The molecule has 0 aliphatic carbocycles. The van der Waals surface area contributed by atoms with Crippen LogP contribution < -0.4 is 5.48 Å². The average Bonchev–Trinajstić information content (AvgIpc) is 2.20. The largest absolute Gasteiger partial charge is 0.333 e. The van der Waals surface area contributed by atoms with Crippen LogP contribution in [0.4, 0.5) is 0 Å². The Hall–Kier alpha value is -1.10. The van der Waals surface area contributed by atoms with Crippen molar-refractivity contribution < 1.29 is 14.8 Å². The van der Waals surface area contributed by atoms with Crippen LogP contribution in [0.15, 0.2) is 0 Å². The monoisotopic (exact) mass is 257 g/mol. The molecule has 0 aromatic heterocycles.